The monoisotopic (exact) mass is 1130 g/mol. The topological polar surface area (TPSA) is 104 Å². The van der Waals surface area contributed by atoms with Gasteiger partial charge in [-0.15, -0.1) is 20.4 Å². The average molecular weight is 1130 g/mol. The number of para-hydroxylation sites is 4. The van der Waals surface area contributed by atoms with Crippen molar-refractivity contribution in [2.24, 2.45) is 9.98 Å². The van der Waals surface area contributed by atoms with Crippen molar-refractivity contribution in [2.75, 3.05) is 0 Å². The molecule has 0 aliphatic heterocycles. The molecule has 0 saturated carbocycles. The number of hydrogen-bond acceptors (Lipinski definition) is 6. The molecule has 0 fully saturated rings. The molecule has 0 spiro atoms. The molecule has 358 valence electrons. The molecule has 70 heavy (non-hydrogen) atoms. The molecular weight excluding hydrogens is 1090 g/mol. The standard InChI is InChI=1S/2C13H11N2.2C12H8N2.2BF4.2Rh/c2*1-3-7-12(8-4-1)14-11-15-13-9-5-2-6-10-13;2*1-3-7-11-9(5-1)10-6-2-4-8-12(10)14-13-11;2*2-1(3,4)5;;/h2*1-11H;2*1-8H;;;;/q2*-1;;;2*-1;2*+2. The fourth-order valence-electron chi connectivity index (χ4n) is 5.75. The summed E-state index contributed by atoms with van der Waals surface area (Å²) in [6.07, 6.45) is 3.15. The first-order valence-electron chi connectivity index (χ1n) is 20.4. The van der Waals surface area contributed by atoms with Gasteiger partial charge in [-0.05, 0) is 47.0 Å². The summed E-state index contributed by atoms with van der Waals surface area (Å²) in [6, 6.07) is 71.3. The molecular formula is C50H38B2F8N8Rh2. The molecule has 2 radical (unpaired) electrons. The van der Waals surface area contributed by atoms with E-state index in [-0.39, 0.29) is 39.0 Å². The Bertz CT molecular complexity index is 2760. The van der Waals surface area contributed by atoms with Crippen LogP contribution in [0.2, 0.25) is 0 Å². The van der Waals surface area contributed by atoms with Gasteiger partial charge in [-0.3, -0.25) is 0 Å². The first-order chi connectivity index (χ1) is 32.8. The number of aromatic nitrogens is 4. The number of benzene rings is 8. The van der Waals surface area contributed by atoms with Crippen molar-refractivity contribution >= 4 is 93.5 Å². The molecule has 20 heteroatoms. The number of aliphatic imine (C=N–C) groups is 2. The van der Waals surface area contributed by atoms with Crippen molar-refractivity contribution in [3.8, 4) is 0 Å². The van der Waals surface area contributed by atoms with E-state index in [0.717, 1.165) is 66.4 Å². The van der Waals surface area contributed by atoms with Gasteiger partial charge in [0.25, 0.3) is 0 Å². The van der Waals surface area contributed by atoms with Gasteiger partial charge < -0.3 is 55.1 Å². The van der Waals surface area contributed by atoms with E-state index in [0.29, 0.717) is 0 Å². The predicted octanol–water partition coefficient (Wildman–Crippen LogP) is 16.3. The molecule has 8 aromatic carbocycles. The molecule has 0 amide bonds. The molecule has 8 nitrogen and oxygen atoms in total. The Labute approximate surface area is 424 Å². The number of rotatable bonds is 6. The van der Waals surface area contributed by atoms with E-state index in [1.165, 1.54) is 0 Å². The van der Waals surface area contributed by atoms with Crippen molar-refractivity contribution < 1.29 is 73.5 Å². The summed E-state index contributed by atoms with van der Waals surface area (Å²) in [5.74, 6) is 0. The molecule has 0 N–H and O–H groups in total. The minimum Gasteiger partial charge on any atom is -0.443 e. The van der Waals surface area contributed by atoms with Crippen LogP contribution in [-0.2, 0) is 39.0 Å². The molecule has 0 atom stereocenters. The van der Waals surface area contributed by atoms with Gasteiger partial charge in [0.05, 0.1) is 22.1 Å². The Morgan fingerprint density at radius 1 is 0.300 bits per heavy atom. The third-order valence-corrected chi connectivity index (χ3v) is 8.58. The molecule has 10 aromatic rings. The molecule has 0 aliphatic rings. The maximum absolute atomic E-state index is 9.75. The second-order valence-corrected chi connectivity index (χ2v) is 13.5. The van der Waals surface area contributed by atoms with Crippen molar-refractivity contribution in [1.82, 2.24) is 20.4 Å². The van der Waals surface area contributed by atoms with E-state index in [9.17, 15) is 34.5 Å². The van der Waals surface area contributed by atoms with Gasteiger partial charge in [0.15, 0.2) is 0 Å². The van der Waals surface area contributed by atoms with Crippen LogP contribution in [0.4, 0.5) is 57.3 Å². The smallest absolute Gasteiger partial charge is 0.443 e. The van der Waals surface area contributed by atoms with Gasteiger partial charge in [0, 0.05) is 21.5 Å². The molecule has 10 rings (SSSR count). The van der Waals surface area contributed by atoms with Crippen LogP contribution in [0, 0.1) is 0 Å². The van der Waals surface area contributed by atoms with Crippen molar-refractivity contribution in [1.29, 1.82) is 0 Å². The van der Waals surface area contributed by atoms with Crippen LogP contribution in [0.25, 0.3) is 54.2 Å². The number of fused-ring (bicyclic) bond motifs is 6. The summed E-state index contributed by atoms with van der Waals surface area (Å²) in [4.78, 5) is 8.42. The van der Waals surface area contributed by atoms with E-state index in [4.69, 9.17) is 0 Å². The van der Waals surface area contributed by atoms with Crippen LogP contribution in [0.5, 0.6) is 0 Å². The molecule has 0 bridgehead atoms. The third-order valence-electron chi connectivity index (χ3n) is 8.58. The summed E-state index contributed by atoms with van der Waals surface area (Å²) in [7, 11) is -12.0. The van der Waals surface area contributed by atoms with Crippen LogP contribution < -0.4 is 0 Å². The molecule has 2 aromatic heterocycles. The largest absolute Gasteiger partial charge is 2.00 e. The Balaban J connectivity index is 0.000000230. The zero-order valence-electron chi connectivity index (χ0n) is 36.4. The van der Waals surface area contributed by atoms with Gasteiger partial charge >= 0.3 is 53.5 Å². The second kappa shape index (κ2) is 30.3. The maximum atomic E-state index is 9.75. The summed E-state index contributed by atoms with van der Waals surface area (Å²) in [5, 5.41) is 29.7. The van der Waals surface area contributed by atoms with E-state index in [1.54, 1.807) is 12.7 Å². The number of nitrogens with zero attached hydrogens (tertiary/aromatic N) is 8. The fourth-order valence-corrected chi connectivity index (χ4v) is 5.75. The Morgan fingerprint density at radius 3 is 0.743 bits per heavy atom. The van der Waals surface area contributed by atoms with E-state index in [1.807, 2.05) is 194 Å². The van der Waals surface area contributed by atoms with Crippen LogP contribution >= 0.6 is 0 Å². The Kier molecular flexibility index (Phi) is 24.7. The van der Waals surface area contributed by atoms with Gasteiger partial charge in [0.1, 0.15) is 0 Å². The maximum Gasteiger partial charge on any atom is 2.00 e. The van der Waals surface area contributed by atoms with E-state index >= 15 is 0 Å². The van der Waals surface area contributed by atoms with Gasteiger partial charge in [-0.1, -0.05) is 207 Å². The molecule has 0 unspecified atom stereocenters. The minimum atomic E-state index is -6.00. The summed E-state index contributed by atoms with van der Waals surface area (Å²) >= 11 is 0. The Hall–Kier alpha value is -7.28. The predicted molar refractivity (Wildman–Crippen MR) is 263 cm³/mol. The summed E-state index contributed by atoms with van der Waals surface area (Å²) < 4.78 is 78.0. The Morgan fingerprint density at radius 2 is 0.500 bits per heavy atom. The average Bonchev–Trinajstić information content (AvgIpc) is 3.35. The molecule has 0 saturated heterocycles. The van der Waals surface area contributed by atoms with E-state index < -0.39 is 14.5 Å². The molecule has 2 heterocycles. The van der Waals surface area contributed by atoms with E-state index in [2.05, 4.69) is 65.3 Å². The molecule has 0 aliphatic carbocycles. The third kappa shape index (κ3) is 22.2. The van der Waals surface area contributed by atoms with Crippen LogP contribution in [0.1, 0.15) is 0 Å². The van der Waals surface area contributed by atoms with Crippen LogP contribution in [0.3, 0.4) is 0 Å². The zero-order chi connectivity index (χ0) is 48.5. The SMILES string of the molecule is C(=Nc1ccccc1)[N-]c1ccccc1.C(=Nc1ccccc1)[N-]c1ccccc1.F[B-](F)(F)F.F[B-](F)(F)F.[Rh+2].[Rh+2].c1ccc2c(c1)nnc1ccccc12.c1ccc2c(c1)nnc1ccccc12. The summed E-state index contributed by atoms with van der Waals surface area (Å²) in [6.45, 7) is 0. The van der Waals surface area contributed by atoms with Crippen molar-refractivity contribution in [2.45, 2.75) is 0 Å². The first kappa shape index (κ1) is 57.0. The zero-order valence-corrected chi connectivity index (χ0v) is 39.6. The summed E-state index contributed by atoms with van der Waals surface area (Å²) in [5.41, 5.74) is 7.46. The van der Waals surface area contributed by atoms with Crippen LogP contribution in [-0.4, -0.2) is 47.6 Å². The van der Waals surface area contributed by atoms with Gasteiger partial charge in [-0.25, -0.2) is 0 Å². The normalized spacial score (nSPS) is 10.5. The second-order valence-electron chi connectivity index (χ2n) is 13.5. The number of halogens is 8. The van der Waals surface area contributed by atoms with Crippen LogP contribution in [0.15, 0.2) is 228 Å². The fraction of sp³-hybridized carbons (Fsp3) is 0. The first-order valence-corrected chi connectivity index (χ1v) is 20.4. The minimum absolute atomic E-state index is 0. The van der Waals surface area contributed by atoms with Gasteiger partial charge in [0.2, 0.25) is 0 Å². The van der Waals surface area contributed by atoms with Crippen molar-refractivity contribution in [3.63, 3.8) is 0 Å². The van der Waals surface area contributed by atoms with Gasteiger partial charge in [-0.2, -0.15) is 0 Å². The van der Waals surface area contributed by atoms with Crippen molar-refractivity contribution in [3.05, 3.63) is 229 Å². The number of hydrogen-bond donors (Lipinski definition) is 0. The quantitative estimate of drug-likeness (QED) is 0.0544.